The van der Waals surface area contributed by atoms with Crippen molar-refractivity contribution in [2.75, 3.05) is 0 Å². The van der Waals surface area contributed by atoms with E-state index in [1.54, 1.807) is 11.3 Å². The SMILES string of the molecule is CCCCCc1ccc(C(=O)NCc2cccs2)cc1. The van der Waals surface area contributed by atoms with E-state index < -0.39 is 0 Å². The van der Waals surface area contributed by atoms with Crippen molar-refractivity contribution in [1.29, 1.82) is 0 Å². The van der Waals surface area contributed by atoms with Gasteiger partial charge in [0.05, 0.1) is 6.54 Å². The van der Waals surface area contributed by atoms with Crippen molar-refractivity contribution in [3.05, 3.63) is 57.8 Å². The first-order valence-corrected chi connectivity index (χ1v) is 8.07. The van der Waals surface area contributed by atoms with E-state index in [2.05, 4.69) is 24.4 Å². The predicted molar refractivity (Wildman–Crippen MR) is 85.2 cm³/mol. The van der Waals surface area contributed by atoms with Crippen molar-refractivity contribution in [3.8, 4) is 0 Å². The standard InChI is InChI=1S/C17H21NOS/c1-2-3-4-6-14-8-10-15(11-9-14)17(19)18-13-16-7-5-12-20-16/h5,7-12H,2-4,6,13H2,1H3,(H,18,19). The average molecular weight is 287 g/mol. The number of hydrogen-bond acceptors (Lipinski definition) is 2. The zero-order chi connectivity index (χ0) is 14.2. The minimum Gasteiger partial charge on any atom is -0.347 e. The summed E-state index contributed by atoms with van der Waals surface area (Å²) in [4.78, 5) is 13.2. The van der Waals surface area contributed by atoms with E-state index in [4.69, 9.17) is 0 Å². The van der Waals surface area contributed by atoms with E-state index in [1.807, 2.05) is 29.6 Å². The lowest BCUT2D eigenvalue weighted by Gasteiger charge is -2.05. The van der Waals surface area contributed by atoms with Gasteiger partial charge in [0.25, 0.3) is 5.91 Å². The molecular formula is C17H21NOS. The summed E-state index contributed by atoms with van der Waals surface area (Å²) in [6.45, 7) is 2.82. The second kappa shape index (κ2) is 7.85. The van der Waals surface area contributed by atoms with Gasteiger partial charge in [-0.3, -0.25) is 4.79 Å². The van der Waals surface area contributed by atoms with Crippen LogP contribution in [0.5, 0.6) is 0 Å². The summed E-state index contributed by atoms with van der Waals surface area (Å²) in [5, 5.41) is 4.97. The third kappa shape index (κ3) is 4.49. The molecule has 0 saturated carbocycles. The third-order valence-electron chi connectivity index (χ3n) is 3.29. The number of thiophene rings is 1. The molecule has 1 N–H and O–H groups in total. The van der Waals surface area contributed by atoms with E-state index in [9.17, 15) is 4.79 Å². The van der Waals surface area contributed by atoms with Crippen LogP contribution in [0.3, 0.4) is 0 Å². The quantitative estimate of drug-likeness (QED) is 0.751. The molecule has 0 unspecified atom stereocenters. The molecule has 3 heteroatoms. The first-order chi connectivity index (χ1) is 9.79. The van der Waals surface area contributed by atoms with Gasteiger partial charge in [-0.05, 0) is 42.0 Å². The summed E-state index contributed by atoms with van der Waals surface area (Å²) in [6.07, 6.45) is 4.83. The average Bonchev–Trinajstić information content (AvgIpc) is 2.99. The lowest BCUT2D eigenvalue weighted by molar-refractivity contribution is 0.0951. The molecule has 106 valence electrons. The molecule has 0 aliphatic rings. The van der Waals surface area contributed by atoms with Crippen LogP contribution in [0.25, 0.3) is 0 Å². The zero-order valence-electron chi connectivity index (χ0n) is 11.9. The Kier molecular flexibility index (Phi) is 5.81. The Morgan fingerprint density at radius 1 is 1.15 bits per heavy atom. The van der Waals surface area contributed by atoms with Gasteiger partial charge in [-0.2, -0.15) is 0 Å². The van der Waals surface area contributed by atoms with Crippen molar-refractivity contribution in [2.24, 2.45) is 0 Å². The number of hydrogen-bond donors (Lipinski definition) is 1. The Hall–Kier alpha value is -1.61. The number of carbonyl (C=O) groups is 1. The molecule has 1 aromatic carbocycles. The van der Waals surface area contributed by atoms with E-state index in [1.165, 1.54) is 29.7 Å². The topological polar surface area (TPSA) is 29.1 Å². The number of rotatable bonds is 7. The Balaban J connectivity index is 1.84. The minimum atomic E-state index is -0.00138. The molecule has 0 radical (unpaired) electrons. The Morgan fingerprint density at radius 3 is 2.60 bits per heavy atom. The molecule has 1 heterocycles. The Morgan fingerprint density at radius 2 is 1.95 bits per heavy atom. The molecule has 0 saturated heterocycles. The van der Waals surface area contributed by atoms with Crippen LogP contribution in [0.2, 0.25) is 0 Å². The van der Waals surface area contributed by atoms with Gasteiger partial charge >= 0.3 is 0 Å². The van der Waals surface area contributed by atoms with Gasteiger partial charge in [-0.1, -0.05) is 38.0 Å². The maximum Gasteiger partial charge on any atom is 0.251 e. The molecule has 0 bridgehead atoms. The highest BCUT2D eigenvalue weighted by molar-refractivity contribution is 7.09. The van der Waals surface area contributed by atoms with Gasteiger partial charge < -0.3 is 5.32 Å². The minimum absolute atomic E-state index is 0.00138. The summed E-state index contributed by atoms with van der Waals surface area (Å²) in [5.74, 6) is -0.00138. The van der Waals surface area contributed by atoms with Crippen LogP contribution in [-0.4, -0.2) is 5.91 Å². The van der Waals surface area contributed by atoms with Crippen LogP contribution < -0.4 is 5.32 Å². The van der Waals surface area contributed by atoms with Crippen LogP contribution in [0.4, 0.5) is 0 Å². The maximum absolute atomic E-state index is 12.0. The van der Waals surface area contributed by atoms with Gasteiger partial charge in [-0.15, -0.1) is 11.3 Å². The van der Waals surface area contributed by atoms with E-state index in [0.29, 0.717) is 6.54 Å². The largest absolute Gasteiger partial charge is 0.347 e. The molecular weight excluding hydrogens is 266 g/mol. The van der Waals surface area contributed by atoms with Crippen molar-refractivity contribution in [3.63, 3.8) is 0 Å². The smallest absolute Gasteiger partial charge is 0.251 e. The second-order valence-corrected chi connectivity index (χ2v) is 5.95. The first kappa shape index (κ1) is 14.8. The van der Waals surface area contributed by atoms with Gasteiger partial charge in [0.1, 0.15) is 0 Å². The second-order valence-electron chi connectivity index (χ2n) is 4.92. The summed E-state index contributed by atoms with van der Waals surface area (Å²) < 4.78 is 0. The third-order valence-corrected chi connectivity index (χ3v) is 4.16. The van der Waals surface area contributed by atoms with Crippen LogP contribution in [0, 0.1) is 0 Å². The number of nitrogens with one attached hydrogen (secondary N) is 1. The van der Waals surface area contributed by atoms with E-state index >= 15 is 0 Å². The fourth-order valence-electron chi connectivity index (χ4n) is 2.08. The molecule has 0 spiro atoms. The van der Waals surface area contributed by atoms with Gasteiger partial charge in [-0.25, -0.2) is 0 Å². The molecule has 2 aromatic rings. The van der Waals surface area contributed by atoms with E-state index in [-0.39, 0.29) is 5.91 Å². The van der Waals surface area contributed by atoms with Crippen LogP contribution >= 0.6 is 11.3 Å². The van der Waals surface area contributed by atoms with Crippen molar-refractivity contribution in [1.82, 2.24) is 5.32 Å². The Labute approximate surface area is 124 Å². The number of unbranched alkanes of at least 4 members (excludes halogenated alkanes) is 2. The Bertz CT molecular complexity index is 516. The monoisotopic (exact) mass is 287 g/mol. The lowest BCUT2D eigenvalue weighted by atomic mass is 10.1. The summed E-state index contributed by atoms with van der Waals surface area (Å²) in [6, 6.07) is 12.0. The molecule has 0 atom stereocenters. The molecule has 1 amide bonds. The molecule has 2 nitrogen and oxygen atoms in total. The number of benzene rings is 1. The highest BCUT2D eigenvalue weighted by atomic mass is 32.1. The van der Waals surface area contributed by atoms with Gasteiger partial charge in [0.2, 0.25) is 0 Å². The van der Waals surface area contributed by atoms with Crippen molar-refractivity contribution >= 4 is 17.2 Å². The highest BCUT2D eigenvalue weighted by Gasteiger charge is 2.05. The van der Waals surface area contributed by atoms with Gasteiger partial charge in [0.15, 0.2) is 0 Å². The molecule has 2 rings (SSSR count). The summed E-state index contributed by atoms with van der Waals surface area (Å²) in [5.41, 5.74) is 2.05. The maximum atomic E-state index is 12.0. The summed E-state index contributed by atoms with van der Waals surface area (Å²) in [7, 11) is 0. The fraction of sp³-hybridized carbons (Fsp3) is 0.353. The normalized spacial score (nSPS) is 10.4. The number of amides is 1. The first-order valence-electron chi connectivity index (χ1n) is 7.19. The van der Waals surface area contributed by atoms with Crippen molar-refractivity contribution < 1.29 is 4.79 Å². The molecule has 0 fully saturated rings. The summed E-state index contributed by atoms with van der Waals surface area (Å²) >= 11 is 1.66. The van der Waals surface area contributed by atoms with Gasteiger partial charge in [0, 0.05) is 10.4 Å². The van der Waals surface area contributed by atoms with Crippen LogP contribution in [0.15, 0.2) is 41.8 Å². The van der Waals surface area contributed by atoms with Crippen LogP contribution in [0.1, 0.15) is 47.0 Å². The predicted octanol–water partition coefficient (Wildman–Crippen LogP) is 4.41. The van der Waals surface area contributed by atoms with Crippen molar-refractivity contribution in [2.45, 2.75) is 39.2 Å². The number of aryl methyl sites for hydroxylation is 1. The van der Waals surface area contributed by atoms with E-state index in [0.717, 1.165) is 12.0 Å². The molecule has 1 aromatic heterocycles. The number of carbonyl (C=O) groups excluding carboxylic acids is 1. The van der Waals surface area contributed by atoms with Crippen LogP contribution in [-0.2, 0) is 13.0 Å². The molecule has 0 aliphatic carbocycles. The zero-order valence-corrected chi connectivity index (χ0v) is 12.7. The fourth-order valence-corrected chi connectivity index (χ4v) is 2.73. The lowest BCUT2D eigenvalue weighted by Crippen LogP contribution is -2.22. The highest BCUT2D eigenvalue weighted by Crippen LogP contribution is 2.10. The molecule has 20 heavy (non-hydrogen) atoms. The molecule has 0 aliphatic heterocycles.